The minimum absolute atomic E-state index is 0.112. The summed E-state index contributed by atoms with van der Waals surface area (Å²) in [5, 5.41) is 3.01. The first-order chi connectivity index (χ1) is 14.5. The minimum Gasteiger partial charge on any atom is -0.353 e. The Balaban J connectivity index is 1.61. The van der Waals surface area contributed by atoms with Crippen molar-refractivity contribution in [2.75, 3.05) is 6.61 Å². The Labute approximate surface area is 178 Å². The van der Waals surface area contributed by atoms with Gasteiger partial charge in [0.1, 0.15) is 11.8 Å². The zero-order chi connectivity index (χ0) is 21.1. The van der Waals surface area contributed by atoms with Gasteiger partial charge in [0.05, 0.1) is 6.61 Å². The number of hydrogen-bond donors (Lipinski definition) is 1. The van der Waals surface area contributed by atoms with Crippen LogP contribution in [-0.2, 0) is 16.1 Å². The van der Waals surface area contributed by atoms with Gasteiger partial charge in [-0.25, -0.2) is 0 Å². The van der Waals surface area contributed by atoms with Crippen LogP contribution in [0.2, 0.25) is 0 Å². The fourth-order valence-corrected chi connectivity index (χ4v) is 4.85. The van der Waals surface area contributed by atoms with Crippen LogP contribution in [0.1, 0.15) is 54.1 Å². The van der Waals surface area contributed by atoms with Crippen molar-refractivity contribution in [2.45, 2.75) is 57.8 Å². The first-order valence-corrected chi connectivity index (χ1v) is 10.8. The van der Waals surface area contributed by atoms with E-state index in [2.05, 4.69) is 12.2 Å². The Morgan fingerprint density at radius 2 is 1.87 bits per heavy atom. The molecule has 1 spiro atoms. The van der Waals surface area contributed by atoms with Gasteiger partial charge in [0, 0.05) is 12.1 Å². The minimum atomic E-state index is -0.689. The molecular weight excluding hydrogens is 376 g/mol. The number of carbonyl (C=O) groups is 2. The normalized spacial score (nSPS) is 26.0. The van der Waals surface area contributed by atoms with Gasteiger partial charge in [-0.05, 0) is 49.3 Å². The number of aryl methyl sites for hydroxylation is 1. The van der Waals surface area contributed by atoms with Crippen molar-refractivity contribution in [1.29, 1.82) is 0 Å². The summed E-state index contributed by atoms with van der Waals surface area (Å²) in [5.74, 6) is 0.188. The van der Waals surface area contributed by atoms with E-state index in [1.54, 1.807) is 4.90 Å². The maximum atomic E-state index is 13.7. The summed E-state index contributed by atoms with van der Waals surface area (Å²) in [5.41, 5.74) is 1.90. The number of nitrogens with one attached hydrogen (secondary N) is 1. The third kappa shape index (κ3) is 3.99. The van der Waals surface area contributed by atoms with Crippen LogP contribution in [0.4, 0.5) is 0 Å². The Morgan fingerprint density at radius 1 is 1.13 bits per heavy atom. The van der Waals surface area contributed by atoms with Crippen LogP contribution in [-0.4, -0.2) is 35.1 Å². The summed E-state index contributed by atoms with van der Waals surface area (Å²) in [6.45, 7) is 4.81. The van der Waals surface area contributed by atoms with Gasteiger partial charge < -0.3 is 10.1 Å². The lowest BCUT2D eigenvalue weighted by atomic mass is 9.82. The highest BCUT2D eigenvalue weighted by molar-refractivity contribution is 5.99. The molecule has 1 N–H and O–H groups in total. The molecule has 1 heterocycles. The molecule has 1 aliphatic heterocycles. The summed E-state index contributed by atoms with van der Waals surface area (Å²) >= 11 is 0. The summed E-state index contributed by atoms with van der Waals surface area (Å²) in [6, 6.07) is 16.8. The molecule has 2 fully saturated rings. The Morgan fingerprint density at radius 3 is 2.60 bits per heavy atom. The van der Waals surface area contributed by atoms with Gasteiger partial charge in [0.25, 0.3) is 5.91 Å². The molecule has 5 nitrogen and oxygen atoms in total. The van der Waals surface area contributed by atoms with E-state index in [9.17, 15) is 9.59 Å². The lowest BCUT2D eigenvalue weighted by Crippen LogP contribution is -2.57. The topological polar surface area (TPSA) is 58.6 Å². The molecule has 0 unspecified atom stereocenters. The molecule has 2 aromatic rings. The summed E-state index contributed by atoms with van der Waals surface area (Å²) in [7, 11) is 0. The lowest BCUT2D eigenvalue weighted by Gasteiger charge is -2.43. The Hall–Kier alpha value is -2.66. The van der Waals surface area contributed by atoms with Crippen molar-refractivity contribution in [3.63, 3.8) is 0 Å². The van der Waals surface area contributed by atoms with E-state index >= 15 is 0 Å². The van der Waals surface area contributed by atoms with Gasteiger partial charge in [-0.2, -0.15) is 0 Å². The molecule has 1 aliphatic carbocycles. The fraction of sp³-hybridized carbons (Fsp3) is 0.440. The average Bonchev–Trinajstić information content (AvgIpc) is 3.10. The number of hydrogen-bond acceptors (Lipinski definition) is 3. The smallest absolute Gasteiger partial charge is 0.257 e. The quantitative estimate of drug-likeness (QED) is 0.833. The number of nitrogens with zero attached hydrogens (tertiary/aromatic N) is 1. The molecule has 158 valence electrons. The van der Waals surface area contributed by atoms with Crippen LogP contribution in [0.15, 0.2) is 54.6 Å². The number of rotatable bonds is 4. The van der Waals surface area contributed by atoms with E-state index in [1.165, 1.54) is 0 Å². The molecule has 2 aromatic carbocycles. The number of amides is 2. The molecular formula is C25H30N2O3. The highest BCUT2D eigenvalue weighted by atomic mass is 16.5. The molecule has 4 rings (SSSR count). The predicted octanol–water partition coefficient (Wildman–Crippen LogP) is 4.06. The SMILES string of the molecule is Cc1ccccc1C(=O)N1[C@H](C(=O)NCc2ccccc2)CO[C@]12CCC[C@H](C)C2. The summed E-state index contributed by atoms with van der Waals surface area (Å²) in [4.78, 5) is 28.6. The van der Waals surface area contributed by atoms with Crippen LogP contribution in [0, 0.1) is 12.8 Å². The number of benzene rings is 2. The average molecular weight is 407 g/mol. The molecule has 0 aromatic heterocycles. The van der Waals surface area contributed by atoms with Crippen LogP contribution < -0.4 is 5.32 Å². The van der Waals surface area contributed by atoms with Crippen molar-refractivity contribution < 1.29 is 14.3 Å². The van der Waals surface area contributed by atoms with Crippen LogP contribution in [0.5, 0.6) is 0 Å². The Kier molecular flexibility index (Phi) is 5.91. The Bertz CT molecular complexity index is 914. The zero-order valence-corrected chi connectivity index (χ0v) is 17.8. The fourth-order valence-electron chi connectivity index (χ4n) is 4.85. The highest BCUT2D eigenvalue weighted by Gasteiger charge is 2.54. The van der Waals surface area contributed by atoms with Crippen molar-refractivity contribution in [3.05, 3.63) is 71.3 Å². The van der Waals surface area contributed by atoms with Gasteiger partial charge in [-0.15, -0.1) is 0 Å². The van der Waals surface area contributed by atoms with Crippen molar-refractivity contribution in [3.8, 4) is 0 Å². The summed E-state index contributed by atoms with van der Waals surface area (Å²) in [6.07, 6.45) is 3.67. The lowest BCUT2D eigenvalue weighted by molar-refractivity contribution is -0.128. The van der Waals surface area contributed by atoms with Gasteiger partial charge in [0.15, 0.2) is 0 Å². The highest BCUT2D eigenvalue weighted by Crippen LogP contribution is 2.43. The van der Waals surface area contributed by atoms with Crippen LogP contribution in [0.25, 0.3) is 0 Å². The second kappa shape index (κ2) is 8.60. The third-order valence-corrected chi connectivity index (χ3v) is 6.40. The molecule has 0 bridgehead atoms. The van der Waals surface area contributed by atoms with Crippen molar-refractivity contribution in [2.24, 2.45) is 5.92 Å². The molecule has 1 saturated carbocycles. The van der Waals surface area contributed by atoms with Gasteiger partial charge in [-0.3, -0.25) is 14.5 Å². The molecule has 1 saturated heterocycles. The molecule has 2 aliphatic rings. The predicted molar refractivity (Wildman–Crippen MR) is 116 cm³/mol. The van der Waals surface area contributed by atoms with Gasteiger partial charge in [-0.1, -0.05) is 61.9 Å². The third-order valence-electron chi connectivity index (χ3n) is 6.40. The van der Waals surface area contributed by atoms with E-state index in [0.717, 1.165) is 36.8 Å². The first-order valence-electron chi connectivity index (χ1n) is 10.8. The number of carbonyl (C=O) groups excluding carboxylic acids is 2. The van der Waals surface area contributed by atoms with Crippen molar-refractivity contribution >= 4 is 11.8 Å². The van der Waals surface area contributed by atoms with Crippen LogP contribution in [0.3, 0.4) is 0 Å². The maximum absolute atomic E-state index is 13.7. The summed E-state index contributed by atoms with van der Waals surface area (Å²) < 4.78 is 6.28. The standard InChI is InChI=1S/C25H30N2O3/c1-18-9-8-14-25(15-18)27(24(29)21-13-7-6-10-19(21)2)22(17-30-25)23(28)26-16-20-11-4-3-5-12-20/h3-7,10-13,18,22H,8-9,14-17H2,1-2H3,(H,26,28)/t18-,22-,25-/m0/s1. The monoisotopic (exact) mass is 406 g/mol. The van der Waals surface area contributed by atoms with Gasteiger partial charge in [0.2, 0.25) is 5.91 Å². The van der Waals surface area contributed by atoms with E-state index in [0.29, 0.717) is 18.0 Å². The van der Waals surface area contributed by atoms with Crippen LogP contribution >= 0.6 is 0 Å². The largest absolute Gasteiger partial charge is 0.353 e. The molecule has 5 heteroatoms. The van der Waals surface area contributed by atoms with E-state index in [4.69, 9.17) is 4.74 Å². The maximum Gasteiger partial charge on any atom is 0.257 e. The second-order valence-electron chi connectivity index (χ2n) is 8.67. The second-order valence-corrected chi connectivity index (χ2v) is 8.67. The molecule has 30 heavy (non-hydrogen) atoms. The number of ether oxygens (including phenoxy) is 1. The molecule has 3 atom stereocenters. The molecule has 0 radical (unpaired) electrons. The van der Waals surface area contributed by atoms with E-state index < -0.39 is 11.8 Å². The van der Waals surface area contributed by atoms with Gasteiger partial charge >= 0.3 is 0 Å². The van der Waals surface area contributed by atoms with Crippen molar-refractivity contribution in [1.82, 2.24) is 10.2 Å². The first kappa shape index (κ1) is 20.6. The van der Waals surface area contributed by atoms with E-state index in [-0.39, 0.29) is 18.4 Å². The van der Waals surface area contributed by atoms with E-state index in [1.807, 2.05) is 61.5 Å². The zero-order valence-electron chi connectivity index (χ0n) is 17.8. The molecule has 2 amide bonds.